The number of hydrogen-bond donors (Lipinski definition) is 2. The van der Waals surface area contributed by atoms with Crippen molar-refractivity contribution in [2.75, 3.05) is 19.6 Å². The predicted octanol–water partition coefficient (Wildman–Crippen LogP) is 1.10. The highest BCUT2D eigenvalue weighted by molar-refractivity contribution is 4.94. The van der Waals surface area contributed by atoms with Gasteiger partial charge in [0.05, 0.1) is 5.60 Å². The van der Waals surface area contributed by atoms with E-state index in [2.05, 4.69) is 31.4 Å². The van der Waals surface area contributed by atoms with Crippen LogP contribution in [0, 0.1) is 5.92 Å². The van der Waals surface area contributed by atoms with E-state index in [1.54, 1.807) is 0 Å². The Bertz CT molecular complexity index is 211. The van der Waals surface area contributed by atoms with Gasteiger partial charge in [-0.3, -0.25) is 5.32 Å². The SMILES string of the molecule is CC1(C)CNC(C)(C2CCNCC2)O1. The van der Waals surface area contributed by atoms with E-state index in [1.165, 1.54) is 12.8 Å². The van der Waals surface area contributed by atoms with E-state index in [0.29, 0.717) is 5.92 Å². The lowest BCUT2D eigenvalue weighted by molar-refractivity contribution is -0.117. The van der Waals surface area contributed by atoms with Crippen molar-refractivity contribution in [3.05, 3.63) is 0 Å². The van der Waals surface area contributed by atoms with Gasteiger partial charge in [0, 0.05) is 12.5 Å². The first kappa shape index (κ1) is 10.4. The smallest absolute Gasteiger partial charge is 0.120 e. The van der Waals surface area contributed by atoms with E-state index in [-0.39, 0.29) is 11.3 Å². The summed E-state index contributed by atoms with van der Waals surface area (Å²) in [5.74, 6) is 0.658. The van der Waals surface area contributed by atoms with E-state index in [9.17, 15) is 0 Å². The fraction of sp³-hybridized carbons (Fsp3) is 1.00. The lowest BCUT2D eigenvalue weighted by atomic mass is 9.88. The van der Waals surface area contributed by atoms with Crippen LogP contribution in [0.4, 0.5) is 0 Å². The van der Waals surface area contributed by atoms with E-state index in [4.69, 9.17) is 4.74 Å². The van der Waals surface area contributed by atoms with Crippen LogP contribution in [0.1, 0.15) is 33.6 Å². The molecule has 0 aromatic rings. The third kappa shape index (κ3) is 1.95. The first-order chi connectivity index (χ1) is 6.52. The summed E-state index contributed by atoms with van der Waals surface area (Å²) >= 11 is 0. The van der Waals surface area contributed by atoms with Crippen LogP contribution in [0.5, 0.6) is 0 Å². The molecule has 1 atom stereocenters. The second kappa shape index (κ2) is 3.47. The fourth-order valence-corrected chi connectivity index (χ4v) is 2.63. The molecule has 2 aliphatic heterocycles. The van der Waals surface area contributed by atoms with Gasteiger partial charge in [-0.1, -0.05) is 0 Å². The Morgan fingerprint density at radius 2 is 1.79 bits per heavy atom. The second-order valence-corrected chi connectivity index (χ2v) is 5.35. The first-order valence-electron chi connectivity index (χ1n) is 5.68. The highest BCUT2D eigenvalue weighted by atomic mass is 16.5. The van der Waals surface area contributed by atoms with Crippen LogP contribution in [-0.2, 0) is 4.74 Å². The highest BCUT2D eigenvalue weighted by Crippen LogP contribution is 2.35. The van der Waals surface area contributed by atoms with E-state index < -0.39 is 0 Å². The Hall–Kier alpha value is -0.120. The van der Waals surface area contributed by atoms with E-state index in [1.807, 2.05) is 0 Å². The molecule has 0 aliphatic carbocycles. The Balaban J connectivity index is 2.01. The Labute approximate surface area is 86.6 Å². The predicted molar refractivity (Wildman–Crippen MR) is 57.2 cm³/mol. The molecular weight excluding hydrogens is 176 g/mol. The lowest BCUT2D eigenvalue weighted by Gasteiger charge is -2.37. The van der Waals surface area contributed by atoms with Crippen molar-refractivity contribution >= 4 is 0 Å². The second-order valence-electron chi connectivity index (χ2n) is 5.35. The van der Waals surface area contributed by atoms with Crippen molar-refractivity contribution in [3.8, 4) is 0 Å². The fourth-order valence-electron chi connectivity index (χ4n) is 2.63. The Kier molecular flexibility index (Phi) is 2.58. The summed E-state index contributed by atoms with van der Waals surface area (Å²) in [6.07, 6.45) is 2.44. The van der Waals surface area contributed by atoms with Crippen LogP contribution in [0.15, 0.2) is 0 Å². The molecule has 3 heteroatoms. The monoisotopic (exact) mass is 198 g/mol. The third-order valence-electron chi connectivity index (χ3n) is 3.47. The van der Waals surface area contributed by atoms with Crippen molar-refractivity contribution in [1.29, 1.82) is 0 Å². The van der Waals surface area contributed by atoms with Crippen molar-refractivity contribution < 1.29 is 4.74 Å². The van der Waals surface area contributed by atoms with E-state index >= 15 is 0 Å². The van der Waals surface area contributed by atoms with E-state index in [0.717, 1.165) is 19.6 Å². The molecule has 2 aliphatic rings. The van der Waals surface area contributed by atoms with Crippen molar-refractivity contribution in [2.24, 2.45) is 5.92 Å². The van der Waals surface area contributed by atoms with Crippen LogP contribution in [-0.4, -0.2) is 31.0 Å². The van der Waals surface area contributed by atoms with Gasteiger partial charge in [0.25, 0.3) is 0 Å². The molecule has 0 spiro atoms. The van der Waals surface area contributed by atoms with Gasteiger partial charge in [0.1, 0.15) is 5.72 Å². The molecule has 0 amide bonds. The third-order valence-corrected chi connectivity index (χ3v) is 3.47. The molecule has 2 rings (SSSR count). The molecule has 0 saturated carbocycles. The molecule has 3 nitrogen and oxygen atoms in total. The minimum Gasteiger partial charge on any atom is -0.353 e. The molecular formula is C11H22N2O. The molecule has 0 bridgehead atoms. The van der Waals surface area contributed by atoms with Crippen LogP contribution >= 0.6 is 0 Å². The summed E-state index contributed by atoms with van der Waals surface area (Å²) in [4.78, 5) is 0. The van der Waals surface area contributed by atoms with Crippen LogP contribution in [0.2, 0.25) is 0 Å². The maximum Gasteiger partial charge on any atom is 0.120 e. The average Bonchev–Trinajstić information content (AvgIpc) is 2.44. The first-order valence-corrected chi connectivity index (χ1v) is 5.68. The normalized spacial score (nSPS) is 38.8. The highest BCUT2D eigenvalue weighted by Gasteiger charge is 2.45. The van der Waals surface area contributed by atoms with Gasteiger partial charge >= 0.3 is 0 Å². The minimum absolute atomic E-state index is 0.000371. The van der Waals surface area contributed by atoms with Gasteiger partial charge in [-0.15, -0.1) is 0 Å². The molecule has 82 valence electrons. The molecule has 2 heterocycles. The quantitative estimate of drug-likeness (QED) is 0.662. The summed E-state index contributed by atoms with van der Waals surface area (Å²) in [5, 5.41) is 6.94. The molecule has 2 fully saturated rings. The van der Waals surface area contributed by atoms with Crippen LogP contribution in [0.25, 0.3) is 0 Å². The topological polar surface area (TPSA) is 33.3 Å². The van der Waals surface area contributed by atoms with Crippen molar-refractivity contribution in [3.63, 3.8) is 0 Å². The van der Waals surface area contributed by atoms with Gasteiger partial charge < -0.3 is 10.1 Å². The van der Waals surface area contributed by atoms with Crippen LogP contribution < -0.4 is 10.6 Å². The number of ether oxygens (including phenoxy) is 1. The number of piperidine rings is 1. The average molecular weight is 198 g/mol. The number of rotatable bonds is 1. The maximum absolute atomic E-state index is 6.14. The maximum atomic E-state index is 6.14. The van der Waals surface area contributed by atoms with Gasteiger partial charge in [0.2, 0.25) is 0 Å². The van der Waals surface area contributed by atoms with Gasteiger partial charge in [-0.2, -0.15) is 0 Å². The van der Waals surface area contributed by atoms with Crippen LogP contribution in [0.3, 0.4) is 0 Å². The summed E-state index contributed by atoms with van der Waals surface area (Å²) < 4.78 is 6.14. The summed E-state index contributed by atoms with van der Waals surface area (Å²) in [6.45, 7) is 9.75. The minimum atomic E-state index is -0.0917. The largest absolute Gasteiger partial charge is 0.353 e. The lowest BCUT2D eigenvalue weighted by Crippen LogP contribution is -2.49. The zero-order chi connectivity index (χ0) is 10.2. The molecule has 2 saturated heterocycles. The molecule has 0 radical (unpaired) electrons. The molecule has 2 N–H and O–H groups in total. The summed E-state index contributed by atoms with van der Waals surface area (Å²) in [6, 6.07) is 0. The molecule has 0 aromatic heterocycles. The zero-order valence-electron chi connectivity index (χ0n) is 9.52. The van der Waals surface area contributed by atoms with Gasteiger partial charge in [-0.05, 0) is 46.7 Å². The van der Waals surface area contributed by atoms with Gasteiger partial charge in [-0.25, -0.2) is 0 Å². The molecule has 1 unspecified atom stereocenters. The molecule has 14 heavy (non-hydrogen) atoms. The van der Waals surface area contributed by atoms with Gasteiger partial charge in [0.15, 0.2) is 0 Å². The van der Waals surface area contributed by atoms with Crippen molar-refractivity contribution in [2.45, 2.75) is 44.9 Å². The summed E-state index contributed by atoms with van der Waals surface area (Å²) in [5.41, 5.74) is -0.0920. The standard InChI is InChI=1S/C11H22N2O/c1-10(2)8-13-11(3,14-10)9-4-6-12-7-5-9/h9,12-13H,4-8H2,1-3H3. The Morgan fingerprint density at radius 1 is 1.14 bits per heavy atom. The summed E-state index contributed by atoms with van der Waals surface area (Å²) in [7, 11) is 0. The van der Waals surface area contributed by atoms with Crippen molar-refractivity contribution in [1.82, 2.24) is 10.6 Å². The number of hydrogen-bond acceptors (Lipinski definition) is 3. The number of nitrogens with one attached hydrogen (secondary N) is 2. The molecule has 0 aromatic carbocycles. The Morgan fingerprint density at radius 3 is 2.29 bits per heavy atom. The zero-order valence-corrected chi connectivity index (χ0v) is 9.52.